The standard InChI is InChI=1S/C11H13BF3NO2/c1-10(2)6-17-12(18-7-10)9-5-3-4-8(16-9)11(13,14)15/h3-5H,6-7H2,1-2H3. The van der Waals surface area contributed by atoms with Crippen molar-refractivity contribution in [3.05, 3.63) is 23.9 Å². The van der Waals surface area contributed by atoms with E-state index in [1.807, 2.05) is 13.8 Å². The lowest BCUT2D eigenvalue weighted by molar-refractivity contribution is -0.141. The van der Waals surface area contributed by atoms with Crippen molar-refractivity contribution in [2.75, 3.05) is 13.2 Å². The van der Waals surface area contributed by atoms with Crippen LogP contribution in [0.15, 0.2) is 18.2 Å². The van der Waals surface area contributed by atoms with E-state index >= 15 is 0 Å². The highest BCUT2D eigenvalue weighted by molar-refractivity contribution is 6.60. The summed E-state index contributed by atoms with van der Waals surface area (Å²) in [4.78, 5) is 3.54. The maximum atomic E-state index is 12.5. The topological polar surface area (TPSA) is 31.4 Å². The molecule has 0 amide bonds. The third-order valence-corrected chi connectivity index (χ3v) is 2.55. The second-order valence-corrected chi connectivity index (χ2v) is 5.06. The maximum absolute atomic E-state index is 12.5. The van der Waals surface area contributed by atoms with Gasteiger partial charge in [0.05, 0.1) is 5.59 Å². The number of aromatic nitrogens is 1. The van der Waals surface area contributed by atoms with Gasteiger partial charge in [0.2, 0.25) is 0 Å². The fraction of sp³-hybridized carbons (Fsp3) is 0.545. The lowest BCUT2D eigenvalue weighted by Gasteiger charge is -2.32. The highest BCUT2D eigenvalue weighted by atomic mass is 19.4. The Kier molecular flexibility index (Phi) is 3.38. The van der Waals surface area contributed by atoms with Gasteiger partial charge in [-0.05, 0) is 12.1 Å². The molecular formula is C11H13BF3NO2. The van der Waals surface area contributed by atoms with E-state index < -0.39 is 19.0 Å². The van der Waals surface area contributed by atoms with Gasteiger partial charge in [-0.1, -0.05) is 19.9 Å². The number of pyridine rings is 1. The molecule has 2 rings (SSSR count). The van der Waals surface area contributed by atoms with Gasteiger partial charge in [0, 0.05) is 18.6 Å². The van der Waals surface area contributed by atoms with Crippen molar-refractivity contribution in [3.63, 3.8) is 0 Å². The smallest absolute Gasteiger partial charge is 0.406 e. The van der Waals surface area contributed by atoms with E-state index in [1.165, 1.54) is 12.1 Å². The first kappa shape index (κ1) is 13.4. The molecule has 18 heavy (non-hydrogen) atoms. The van der Waals surface area contributed by atoms with Crippen LogP contribution in [0.4, 0.5) is 13.2 Å². The van der Waals surface area contributed by atoms with Crippen LogP contribution >= 0.6 is 0 Å². The Labute approximate surface area is 103 Å². The summed E-state index contributed by atoms with van der Waals surface area (Å²) in [6.45, 7) is 4.77. The summed E-state index contributed by atoms with van der Waals surface area (Å²) < 4.78 is 48.3. The van der Waals surface area contributed by atoms with E-state index in [2.05, 4.69) is 4.98 Å². The summed E-state index contributed by atoms with van der Waals surface area (Å²) >= 11 is 0. The van der Waals surface area contributed by atoms with Gasteiger partial charge in [-0.15, -0.1) is 0 Å². The third kappa shape index (κ3) is 3.03. The Hall–Kier alpha value is -1.08. The van der Waals surface area contributed by atoms with Crippen LogP contribution in [0.2, 0.25) is 0 Å². The van der Waals surface area contributed by atoms with E-state index in [9.17, 15) is 13.2 Å². The van der Waals surface area contributed by atoms with Crippen LogP contribution in [0.3, 0.4) is 0 Å². The average Bonchev–Trinajstić information content (AvgIpc) is 2.28. The summed E-state index contributed by atoms with van der Waals surface area (Å²) in [5.74, 6) is 0. The molecule has 1 aromatic rings. The van der Waals surface area contributed by atoms with Gasteiger partial charge in [-0.25, -0.2) is 0 Å². The molecule has 98 valence electrons. The fourth-order valence-electron chi connectivity index (χ4n) is 1.60. The van der Waals surface area contributed by atoms with Gasteiger partial charge in [0.25, 0.3) is 0 Å². The van der Waals surface area contributed by atoms with Crippen molar-refractivity contribution in [2.45, 2.75) is 20.0 Å². The molecule has 0 atom stereocenters. The zero-order chi connectivity index (χ0) is 13.4. The van der Waals surface area contributed by atoms with Crippen molar-refractivity contribution >= 4 is 12.7 Å². The SMILES string of the molecule is CC1(C)COB(c2cccc(C(F)(F)F)n2)OC1. The minimum atomic E-state index is -4.45. The monoisotopic (exact) mass is 259 g/mol. The molecule has 1 fully saturated rings. The predicted molar refractivity (Wildman–Crippen MR) is 60.3 cm³/mol. The molecule has 0 bridgehead atoms. The largest absolute Gasteiger partial charge is 0.513 e. The molecule has 0 radical (unpaired) electrons. The van der Waals surface area contributed by atoms with Crippen molar-refractivity contribution < 1.29 is 22.5 Å². The first-order valence-corrected chi connectivity index (χ1v) is 5.55. The summed E-state index contributed by atoms with van der Waals surface area (Å²) in [6.07, 6.45) is -4.45. The number of rotatable bonds is 1. The Morgan fingerprint density at radius 2 is 1.83 bits per heavy atom. The van der Waals surface area contributed by atoms with Crippen molar-refractivity contribution in [2.24, 2.45) is 5.41 Å². The summed E-state index contributed by atoms with van der Waals surface area (Å²) in [6, 6.07) is 3.70. The van der Waals surface area contributed by atoms with Crippen LogP contribution < -0.4 is 5.59 Å². The Balaban J connectivity index is 2.15. The number of hydrogen-bond donors (Lipinski definition) is 0. The summed E-state index contributed by atoms with van der Waals surface area (Å²) in [7, 11) is -0.819. The normalized spacial score (nSPS) is 19.9. The molecular weight excluding hydrogens is 246 g/mol. The molecule has 1 saturated heterocycles. The molecule has 0 aliphatic carbocycles. The molecule has 0 unspecified atom stereocenters. The third-order valence-electron chi connectivity index (χ3n) is 2.55. The van der Waals surface area contributed by atoms with E-state index in [1.54, 1.807) is 0 Å². The molecule has 0 aromatic carbocycles. The van der Waals surface area contributed by atoms with Gasteiger partial charge in [0.15, 0.2) is 0 Å². The minimum absolute atomic E-state index is 0.127. The van der Waals surface area contributed by atoms with E-state index in [4.69, 9.17) is 9.31 Å². The number of halogens is 3. The van der Waals surface area contributed by atoms with Crippen LogP contribution in [-0.2, 0) is 15.5 Å². The van der Waals surface area contributed by atoms with E-state index in [0.717, 1.165) is 6.07 Å². The van der Waals surface area contributed by atoms with Crippen LogP contribution in [0, 0.1) is 5.41 Å². The van der Waals surface area contributed by atoms with Crippen LogP contribution in [0.1, 0.15) is 19.5 Å². The molecule has 7 heteroatoms. The minimum Gasteiger partial charge on any atom is -0.406 e. The van der Waals surface area contributed by atoms with Gasteiger partial charge in [-0.3, -0.25) is 4.98 Å². The summed E-state index contributed by atoms with van der Waals surface area (Å²) in [5.41, 5.74) is -0.907. The zero-order valence-corrected chi connectivity index (χ0v) is 10.1. The molecule has 0 N–H and O–H groups in total. The average molecular weight is 259 g/mol. The Bertz CT molecular complexity index is 427. The second-order valence-electron chi connectivity index (χ2n) is 5.06. The number of alkyl halides is 3. The van der Waals surface area contributed by atoms with Gasteiger partial charge in [-0.2, -0.15) is 13.2 Å². The Morgan fingerprint density at radius 1 is 1.22 bits per heavy atom. The van der Waals surface area contributed by atoms with Crippen LogP contribution in [0.5, 0.6) is 0 Å². The lowest BCUT2D eigenvalue weighted by atomic mass is 9.79. The molecule has 2 heterocycles. The highest BCUT2D eigenvalue weighted by Gasteiger charge is 2.37. The maximum Gasteiger partial charge on any atom is 0.513 e. The van der Waals surface area contributed by atoms with Gasteiger partial charge >= 0.3 is 13.3 Å². The fourth-order valence-corrected chi connectivity index (χ4v) is 1.60. The molecule has 0 saturated carbocycles. The molecule has 1 aliphatic rings. The van der Waals surface area contributed by atoms with Crippen molar-refractivity contribution in [1.29, 1.82) is 0 Å². The first-order valence-electron chi connectivity index (χ1n) is 5.55. The molecule has 1 aliphatic heterocycles. The van der Waals surface area contributed by atoms with Gasteiger partial charge < -0.3 is 9.31 Å². The van der Waals surface area contributed by atoms with Gasteiger partial charge in [0.1, 0.15) is 5.69 Å². The van der Waals surface area contributed by atoms with Crippen LogP contribution in [-0.4, -0.2) is 25.3 Å². The molecule has 3 nitrogen and oxygen atoms in total. The van der Waals surface area contributed by atoms with Crippen molar-refractivity contribution in [1.82, 2.24) is 4.98 Å². The second kappa shape index (κ2) is 4.55. The zero-order valence-electron chi connectivity index (χ0n) is 10.1. The van der Waals surface area contributed by atoms with Crippen LogP contribution in [0.25, 0.3) is 0 Å². The number of hydrogen-bond acceptors (Lipinski definition) is 3. The quantitative estimate of drug-likeness (QED) is 0.721. The molecule has 0 spiro atoms. The van der Waals surface area contributed by atoms with E-state index in [0.29, 0.717) is 13.2 Å². The highest BCUT2D eigenvalue weighted by Crippen LogP contribution is 2.27. The lowest BCUT2D eigenvalue weighted by Crippen LogP contribution is -2.48. The van der Waals surface area contributed by atoms with Crippen molar-refractivity contribution in [3.8, 4) is 0 Å². The first-order chi connectivity index (χ1) is 8.28. The predicted octanol–water partition coefficient (Wildman–Crippen LogP) is 1.87. The molecule has 1 aromatic heterocycles. The number of nitrogens with zero attached hydrogens (tertiary/aromatic N) is 1. The summed E-state index contributed by atoms with van der Waals surface area (Å²) in [5, 5.41) is 0. The van der Waals surface area contributed by atoms with E-state index in [-0.39, 0.29) is 11.0 Å². The Morgan fingerprint density at radius 3 is 2.39 bits per heavy atom.